The van der Waals surface area contributed by atoms with Gasteiger partial charge in [-0.25, -0.2) is 0 Å². The summed E-state index contributed by atoms with van der Waals surface area (Å²) in [5.74, 6) is 0. The molecule has 2 heteroatoms. The van der Waals surface area contributed by atoms with Crippen LogP contribution in [0.1, 0.15) is 6.92 Å². The summed E-state index contributed by atoms with van der Waals surface area (Å²) in [5, 5.41) is 0. The van der Waals surface area contributed by atoms with Crippen molar-refractivity contribution in [2.75, 3.05) is 25.2 Å². The quantitative estimate of drug-likeness (QED) is 0.533. The molecule has 0 N–H and O–H groups in total. The summed E-state index contributed by atoms with van der Waals surface area (Å²) in [5.41, 5.74) is 3.20. The van der Waals surface area contributed by atoms with Gasteiger partial charge < -0.3 is 9.64 Å². The minimum atomic E-state index is 0.599. The molecule has 0 aliphatic rings. The van der Waals surface area contributed by atoms with Crippen molar-refractivity contribution in [3.8, 4) is 0 Å². The standard InChI is InChI=1S/C16H21NO/c1-5-12-17(16-9-7-6-8-10-16)15(3)14(2)11-13-18-4/h5-11H,1,3,12-13H2,2,4H3/b14-11-. The number of hydrogen-bond donors (Lipinski definition) is 0. The number of hydrogen-bond acceptors (Lipinski definition) is 2. The van der Waals surface area contributed by atoms with Crippen LogP contribution in [-0.2, 0) is 4.74 Å². The van der Waals surface area contributed by atoms with Crippen molar-refractivity contribution in [3.05, 3.63) is 66.9 Å². The van der Waals surface area contributed by atoms with Gasteiger partial charge >= 0.3 is 0 Å². The fourth-order valence-electron chi connectivity index (χ4n) is 1.65. The van der Waals surface area contributed by atoms with Gasteiger partial charge in [0.05, 0.1) is 6.61 Å². The molecule has 96 valence electrons. The number of rotatable bonds is 7. The van der Waals surface area contributed by atoms with Gasteiger partial charge in [0.1, 0.15) is 0 Å². The zero-order valence-electron chi connectivity index (χ0n) is 11.2. The van der Waals surface area contributed by atoms with Crippen LogP contribution in [0.5, 0.6) is 0 Å². The molecule has 0 saturated carbocycles. The monoisotopic (exact) mass is 243 g/mol. The SMILES string of the molecule is C=CCN(C(=C)/C(C)=C\COC)c1ccccc1. The molecule has 1 aromatic rings. The van der Waals surface area contributed by atoms with Gasteiger partial charge in [0.2, 0.25) is 0 Å². The van der Waals surface area contributed by atoms with Gasteiger partial charge in [0, 0.05) is 25.0 Å². The molecule has 0 amide bonds. The van der Waals surface area contributed by atoms with Crippen molar-refractivity contribution in [1.82, 2.24) is 0 Å². The van der Waals surface area contributed by atoms with E-state index in [0.717, 1.165) is 23.5 Å². The molecular weight excluding hydrogens is 222 g/mol. The van der Waals surface area contributed by atoms with Crippen LogP contribution in [-0.4, -0.2) is 20.3 Å². The third-order valence-corrected chi connectivity index (χ3v) is 2.72. The van der Waals surface area contributed by atoms with Crippen molar-refractivity contribution in [1.29, 1.82) is 0 Å². The van der Waals surface area contributed by atoms with Crippen LogP contribution in [0.4, 0.5) is 5.69 Å². The first-order valence-electron chi connectivity index (χ1n) is 5.99. The van der Waals surface area contributed by atoms with Crippen LogP contribution in [0.3, 0.4) is 0 Å². The predicted octanol–water partition coefficient (Wildman–Crippen LogP) is 3.79. The second kappa shape index (κ2) is 7.51. The number of ether oxygens (including phenoxy) is 1. The molecule has 0 aromatic heterocycles. The number of nitrogens with zero attached hydrogens (tertiary/aromatic N) is 1. The molecule has 1 aromatic carbocycles. The molecular formula is C16H21NO. The van der Waals surface area contributed by atoms with E-state index in [2.05, 4.69) is 30.2 Å². The van der Waals surface area contributed by atoms with E-state index in [-0.39, 0.29) is 0 Å². The highest BCUT2D eigenvalue weighted by Crippen LogP contribution is 2.22. The molecule has 0 aliphatic carbocycles. The van der Waals surface area contributed by atoms with Crippen molar-refractivity contribution in [2.45, 2.75) is 6.92 Å². The summed E-state index contributed by atoms with van der Waals surface area (Å²) < 4.78 is 5.05. The highest BCUT2D eigenvalue weighted by molar-refractivity contribution is 5.56. The zero-order chi connectivity index (χ0) is 13.4. The predicted molar refractivity (Wildman–Crippen MR) is 78.8 cm³/mol. The molecule has 0 bridgehead atoms. The average molecular weight is 243 g/mol. The minimum absolute atomic E-state index is 0.599. The maximum atomic E-state index is 5.05. The average Bonchev–Trinajstić information content (AvgIpc) is 2.42. The largest absolute Gasteiger partial charge is 0.381 e. The van der Waals surface area contributed by atoms with Crippen LogP contribution < -0.4 is 4.90 Å². The lowest BCUT2D eigenvalue weighted by Gasteiger charge is -2.26. The van der Waals surface area contributed by atoms with Crippen molar-refractivity contribution in [2.24, 2.45) is 0 Å². The summed E-state index contributed by atoms with van der Waals surface area (Å²) in [4.78, 5) is 2.13. The Labute approximate surface area is 110 Å². The Kier molecular flexibility index (Phi) is 5.95. The summed E-state index contributed by atoms with van der Waals surface area (Å²) in [6.07, 6.45) is 3.91. The van der Waals surface area contributed by atoms with Crippen molar-refractivity contribution >= 4 is 5.69 Å². The lowest BCUT2D eigenvalue weighted by Crippen LogP contribution is -2.22. The summed E-state index contributed by atoms with van der Waals surface area (Å²) in [6.45, 7) is 11.3. The topological polar surface area (TPSA) is 12.5 Å². The van der Waals surface area contributed by atoms with Crippen LogP contribution in [0, 0.1) is 0 Å². The molecule has 0 radical (unpaired) electrons. The van der Waals surface area contributed by atoms with E-state index in [1.807, 2.05) is 37.3 Å². The second-order valence-electron chi connectivity index (χ2n) is 4.02. The van der Waals surface area contributed by atoms with Gasteiger partial charge in [0.25, 0.3) is 0 Å². The smallest absolute Gasteiger partial charge is 0.0649 e. The van der Waals surface area contributed by atoms with E-state index >= 15 is 0 Å². The zero-order valence-corrected chi connectivity index (χ0v) is 11.2. The van der Waals surface area contributed by atoms with Gasteiger partial charge in [-0.05, 0) is 24.6 Å². The summed E-state index contributed by atoms with van der Waals surface area (Å²) >= 11 is 0. The lowest BCUT2D eigenvalue weighted by atomic mass is 10.1. The number of methoxy groups -OCH3 is 1. The van der Waals surface area contributed by atoms with Crippen molar-refractivity contribution in [3.63, 3.8) is 0 Å². The van der Waals surface area contributed by atoms with Crippen LogP contribution in [0.25, 0.3) is 0 Å². The molecule has 18 heavy (non-hydrogen) atoms. The molecule has 2 nitrogen and oxygen atoms in total. The maximum absolute atomic E-state index is 5.05. The fourth-order valence-corrected chi connectivity index (χ4v) is 1.65. The van der Waals surface area contributed by atoms with E-state index in [0.29, 0.717) is 6.61 Å². The third-order valence-electron chi connectivity index (χ3n) is 2.72. The molecule has 0 fully saturated rings. The Morgan fingerprint density at radius 2 is 2.00 bits per heavy atom. The first-order valence-corrected chi connectivity index (χ1v) is 5.99. The molecule has 1 rings (SSSR count). The third kappa shape index (κ3) is 3.90. The molecule has 0 unspecified atom stereocenters. The highest BCUT2D eigenvalue weighted by Gasteiger charge is 2.09. The Balaban J connectivity index is 2.92. The molecule has 0 heterocycles. The molecule has 0 aliphatic heterocycles. The number of allylic oxidation sites excluding steroid dienone is 1. The number of anilines is 1. The fraction of sp³-hybridized carbons (Fsp3) is 0.250. The Morgan fingerprint density at radius 3 is 2.56 bits per heavy atom. The normalized spacial score (nSPS) is 11.1. The van der Waals surface area contributed by atoms with Crippen LogP contribution in [0.15, 0.2) is 66.9 Å². The minimum Gasteiger partial charge on any atom is -0.381 e. The molecule has 0 spiro atoms. The van der Waals surface area contributed by atoms with Gasteiger partial charge in [-0.2, -0.15) is 0 Å². The Hall–Kier alpha value is -1.80. The Bertz CT molecular complexity index is 420. The van der Waals surface area contributed by atoms with Gasteiger partial charge in [-0.3, -0.25) is 0 Å². The maximum Gasteiger partial charge on any atom is 0.0649 e. The van der Waals surface area contributed by atoms with Crippen molar-refractivity contribution < 1.29 is 4.74 Å². The van der Waals surface area contributed by atoms with Crippen LogP contribution in [0.2, 0.25) is 0 Å². The molecule has 0 atom stereocenters. The molecule has 0 saturated heterocycles. The van der Waals surface area contributed by atoms with E-state index in [4.69, 9.17) is 4.74 Å². The van der Waals surface area contributed by atoms with Gasteiger partial charge in [-0.1, -0.05) is 36.9 Å². The van der Waals surface area contributed by atoms with Crippen LogP contribution >= 0.6 is 0 Å². The first kappa shape index (κ1) is 14.3. The van der Waals surface area contributed by atoms with E-state index in [1.54, 1.807) is 7.11 Å². The van der Waals surface area contributed by atoms with E-state index in [1.165, 1.54) is 0 Å². The summed E-state index contributed by atoms with van der Waals surface area (Å²) in [6, 6.07) is 10.2. The second-order valence-corrected chi connectivity index (χ2v) is 4.02. The highest BCUT2D eigenvalue weighted by atomic mass is 16.5. The van der Waals surface area contributed by atoms with Gasteiger partial charge in [-0.15, -0.1) is 6.58 Å². The van der Waals surface area contributed by atoms with E-state index < -0.39 is 0 Å². The number of benzene rings is 1. The lowest BCUT2D eigenvalue weighted by molar-refractivity contribution is 0.233. The Morgan fingerprint density at radius 1 is 1.33 bits per heavy atom. The number of para-hydroxylation sites is 1. The first-order chi connectivity index (χ1) is 8.70. The van der Waals surface area contributed by atoms with Gasteiger partial charge in [0.15, 0.2) is 0 Å². The van der Waals surface area contributed by atoms with E-state index in [9.17, 15) is 0 Å². The summed E-state index contributed by atoms with van der Waals surface area (Å²) in [7, 11) is 1.69.